The van der Waals surface area contributed by atoms with Crippen LogP contribution in [0.5, 0.6) is 0 Å². The molecule has 0 bridgehead atoms. The molecule has 1 N–H and O–H groups in total. The second-order valence-electron chi connectivity index (χ2n) is 6.02. The predicted molar refractivity (Wildman–Crippen MR) is 103 cm³/mol. The maximum Gasteiger partial charge on any atom is 0.276 e. The molecule has 1 aromatic carbocycles. The van der Waals surface area contributed by atoms with Crippen LogP contribution in [0.4, 0.5) is 4.39 Å². The number of benzene rings is 1. The van der Waals surface area contributed by atoms with Gasteiger partial charge in [0.05, 0.1) is 11.9 Å². The molecule has 0 radical (unpaired) electrons. The number of pyridine rings is 1. The molecular formula is C19H13FN6OS. The third kappa shape index (κ3) is 2.76. The van der Waals surface area contributed by atoms with E-state index in [0.29, 0.717) is 16.8 Å². The van der Waals surface area contributed by atoms with Crippen molar-refractivity contribution in [2.45, 2.75) is 5.22 Å². The van der Waals surface area contributed by atoms with E-state index in [1.807, 2.05) is 35.2 Å². The molecule has 0 unspecified atom stereocenters. The Morgan fingerprint density at radius 3 is 2.68 bits per heavy atom. The molecule has 7 nitrogen and oxygen atoms in total. The van der Waals surface area contributed by atoms with Gasteiger partial charge in [0.2, 0.25) is 0 Å². The lowest BCUT2D eigenvalue weighted by atomic mass is 10.0. The summed E-state index contributed by atoms with van der Waals surface area (Å²) in [5.74, 6) is 0.120. The van der Waals surface area contributed by atoms with Gasteiger partial charge in [-0.05, 0) is 42.7 Å². The molecule has 138 valence electrons. The first-order valence-corrected chi connectivity index (χ1v) is 9.60. The summed E-state index contributed by atoms with van der Waals surface area (Å²) in [6.45, 7) is 0. The zero-order valence-electron chi connectivity index (χ0n) is 14.6. The Morgan fingerprint density at radius 2 is 1.89 bits per heavy atom. The van der Waals surface area contributed by atoms with E-state index in [4.69, 9.17) is 4.42 Å². The number of aromatic nitrogens is 6. The Bertz CT molecular complexity index is 1270. The molecule has 9 heteroatoms. The quantitative estimate of drug-likeness (QED) is 0.459. The summed E-state index contributed by atoms with van der Waals surface area (Å²) < 4.78 is 20.8. The predicted octanol–water partition coefficient (Wildman–Crippen LogP) is 4.30. The standard InChI is InChI=1S/C19H13FN6OS/c1-28-19-25-24-18(27-19)15-9-21-16-7-4-12(10-26(15)16)14-8-22-23-17(14)11-2-5-13(20)6-3-11/h2-10H,1H3,(H,22,23). The summed E-state index contributed by atoms with van der Waals surface area (Å²) in [6.07, 6.45) is 7.33. The molecule has 0 fully saturated rings. The van der Waals surface area contributed by atoms with E-state index in [-0.39, 0.29) is 5.82 Å². The van der Waals surface area contributed by atoms with Gasteiger partial charge in [-0.25, -0.2) is 9.37 Å². The van der Waals surface area contributed by atoms with Gasteiger partial charge in [0.15, 0.2) is 0 Å². The molecule has 4 heterocycles. The largest absolute Gasteiger partial charge is 0.410 e. The first kappa shape index (κ1) is 16.7. The van der Waals surface area contributed by atoms with Gasteiger partial charge in [0.1, 0.15) is 17.2 Å². The van der Waals surface area contributed by atoms with Crippen molar-refractivity contribution in [3.63, 3.8) is 0 Å². The Balaban J connectivity index is 1.62. The minimum Gasteiger partial charge on any atom is -0.410 e. The fraction of sp³-hybridized carbons (Fsp3) is 0.0526. The Kier molecular flexibility index (Phi) is 3.94. The molecular weight excluding hydrogens is 379 g/mol. The molecule has 4 aromatic heterocycles. The smallest absolute Gasteiger partial charge is 0.276 e. The zero-order valence-corrected chi connectivity index (χ0v) is 15.4. The van der Waals surface area contributed by atoms with Crippen LogP contribution in [0.15, 0.2) is 64.6 Å². The highest BCUT2D eigenvalue weighted by Crippen LogP contribution is 2.31. The third-order valence-electron chi connectivity index (χ3n) is 4.37. The molecule has 0 aliphatic carbocycles. The molecule has 0 spiro atoms. The summed E-state index contributed by atoms with van der Waals surface area (Å²) >= 11 is 1.38. The SMILES string of the molecule is CSc1nnc(-c2cnc3ccc(-c4c[nH]nc4-c4ccc(F)cc4)cn23)o1. The number of thioether (sulfide) groups is 1. The zero-order chi connectivity index (χ0) is 19.1. The van der Waals surface area contributed by atoms with Gasteiger partial charge < -0.3 is 4.42 Å². The Morgan fingerprint density at radius 1 is 1.07 bits per heavy atom. The topological polar surface area (TPSA) is 84.9 Å². The van der Waals surface area contributed by atoms with Gasteiger partial charge in [0, 0.05) is 29.1 Å². The lowest BCUT2D eigenvalue weighted by molar-refractivity contribution is 0.465. The number of hydrogen-bond acceptors (Lipinski definition) is 6. The number of aromatic amines is 1. The lowest BCUT2D eigenvalue weighted by Crippen LogP contribution is -1.91. The third-order valence-corrected chi connectivity index (χ3v) is 4.89. The van der Waals surface area contributed by atoms with Crippen LogP contribution in [0.1, 0.15) is 0 Å². The molecule has 0 atom stereocenters. The Hall–Kier alpha value is -3.46. The average molecular weight is 392 g/mol. The van der Waals surface area contributed by atoms with Crippen molar-refractivity contribution in [1.82, 2.24) is 29.8 Å². The van der Waals surface area contributed by atoms with Crippen molar-refractivity contribution in [2.75, 3.05) is 6.26 Å². The van der Waals surface area contributed by atoms with Crippen LogP contribution >= 0.6 is 11.8 Å². The highest BCUT2D eigenvalue weighted by atomic mass is 32.2. The minimum absolute atomic E-state index is 0.283. The number of fused-ring (bicyclic) bond motifs is 1. The molecule has 0 saturated carbocycles. The van der Waals surface area contributed by atoms with E-state index in [1.165, 1.54) is 23.9 Å². The summed E-state index contributed by atoms with van der Waals surface area (Å²) in [6, 6.07) is 10.1. The average Bonchev–Trinajstić information content (AvgIpc) is 3.46. The van der Waals surface area contributed by atoms with Gasteiger partial charge in [-0.1, -0.05) is 11.8 Å². The number of H-pyrrole nitrogens is 1. The normalized spacial score (nSPS) is 11.4. The number of nitrogens with zero attached hydrogens (tertiary/aromatic N) is 5. The molecule has 5 rings (SSSR count). The maximum absolute atomic E-state index is 13.3. The first-order chi connectivity index (χ1) is 13.7. The van der Waals surface area contributed by atoms with Crippen LogP contribution < -0.4 is 0 Å². The molecule has 0 aliphatic rings. The van der Waals surface area contributed by atoms with Crippen molar-refractivity contribution in [3.8, 4) is 34.0 Å². The van der Waals surface area contributed by atoms with E-state index >= 15 is 0 Å². The number of nitrogens with one attached hydrogen (secondary N) is 1. The number of halogens is 1. The van der Waals surface area contributed by atoms with Crippen molar-refractivity contribution in [1.29, 1.82) is 0 Å². The fourth-order valence-corrected chi connectivity index (χ4v) is 3.32. The molecule has 28 heavy (non-hydrogen) atoms. The summed E-state index contributed by atoms with van der Waals surface area (Å²) in [5, 5.41) is 15.8. The van der Waals surface area contributed by atoms with Crippen LogP contribution in [0.2, 0.25) is 0 Å². The number of hydrogen-bond donors (Lipinski definition) is 1. The monoisotopic (exact) mass is 392 g/mol. The van der Waals surface area contributed by atoms with Crippen molar-refractivity contribution < 1.29 is 8.81 Å². The fourth-order valence-electron chi connectivity index (χ4n) is 3.03. The van der Waals surface area contributed by atoms with Crippen molar-refractivity contribution >= 4 is 17.4 Å². The van der Waals surface area contributed by atoms with E-state index in [1.54, 1.807) is 18.3 Å². The summed E-state index contributed by atoms with van der Waals surface area (Å²) in [4.78, 5) is 4.41. The van der Waals surface area contributed by atoms with E-state index in [9.17, 15) is 4.39 Å². The highest BCUT2D eigenvalue weighted by molar-refractivity contribution is 7.98. The van der Waals surface area contributed by atoms with Gasteiger partial charge in [-0.3, -0.25) is 9.50 Å². The summed E-state index contributed by atoms with van der Waals surface area (Å²) in [5.41, 5.74) is 4.84. The van der Waals surface area contributed by atoms with Gasteiger partial charge in [0.25, 0.3) is 11.1 Å². The van der Waals surface area contributed by atoms with Crippen molar-refractivity contribution in [3.05, 3.63) is 60.8 Å². The second-order valence-corrected chi connectivity index (χ2v) is 6.78. The Labute approximate surface area is 162 Å². The van der Waals surface area contributed by atoms with E-state index in [0.717, 1.165) is 28.0 Å². The minimum atomic E-state index is -0.283. The van der Waals surface area contributed by atoms with Crippen LogP contribution in [0.3, 0.4) is 0 Å². The number of imidazole rings is 1. The van der Waals surface area contributed by atoms with Crippen LogP contribution in [0, 0.1) is 5.82 Å². The summed E-state index contributed by atoms with van der Waals surface area (Å²) in [7, 11) is 0. The van der Waals surface area contributed by atoms with Crippen LogP contribution in [0.25, 0.3) is 39.6 Å². The van der Waals surface area contributed by atoms with Gasteiger partial charge >= 0.3 is 0 Å². The molecule has 0 saturated heterocycles. The van der Waals surface area contributed by atoms with Gasteiger partial charge in [-0.15, -0.1) is 10.2 Å². The van der Waals surface area contributed by atoms with Gasteiger partial charge in [-0.2, -0.15) is 5.10 Å². The molecule has 5 aromatic rings. The van der Waals surface area contributed by atoms with E-state index < -0.39 is 0 Å². The second kappa shape index (κ2) is 6.61. The van der Waals surface area contributed by atoms with Crippen LogP contribution in [-0.2, 0) is 0 Å². The first-order valence-electron chi connectivity index (χ1n) is 8.38. The highest BCUT2D eigenvalue weighted by Gasteiger charge is 2.16. The molecule has 0 aliphatic heterocycles. The number of rotatable bonds is 4. The van der Waals surface area contributed by atoms with E-state index in [2.05, 4.69) is 25.4 Å². The lowest BCUT2D eigenvalue weighted by Gasteiger charge is -2.05. The van der Waals surface area contributed by atoms with Crippen molar-refractivity contribution in [2.24, 2.45) is 0 Å². The maximum atomic E-state index is 13.3. The molecule has 0 amide bonds. The van der Waals surface area contributed by atoms with Crippen LogP contribution in [-0.4, -0.2) is 36.0 Å².